The predicted octanol–water partition coefficient (Wildman–Crippen LogP) is 1.40. The smallest absolute Gasteiger partial charge is 0.0595 e. The van der Waals surface area contributed by atoms with Crippen molar-refractivity contribution in [2.45, 2.75) is 31.7 Å². The third-order valence-electron chi connectivity index (χ3n) is 2.40. The van der Waals surface area contributed by atoms with E-state index in [0.29, 0.717) is 18.0 Å². The molecule has 0 aromatic rings. The fourth-order valence-corrected chi connectivity index (χ4v) is 3.22. The van der Waals surface area contributed by atoms with Crippen molar-refractivity contribution in [1.29, 1.82) is 0 Å². The lowest BCUT2D eigenvalue weighted by molar-refractivity contribution is 0.157. The van der Waals surface area contributed by atoms with Gasteiger partial charge in [0.1, 0.15) is 0 Å². The van der Waals surface area contributed by atoms with Gasteiger partial charge in [-0.2, -0.15) is 0 Å². The van der Waals surface area contributed by atoms with Crippen molar-refractivity contribution in [2.24, 2.45) is 5.92 Å². The summed E-state index contributed by atoms with van der Waals surface area (Å²) in [5, 5.41) is 9.66. The molecule has 0 aromatic carbocycles. The van der Waals surface area contributed by atoms with Crippen LogP contribution in [0.1, 0.15) is 20.3 Å². The lowest BCUT2D eigenvalue weighted by Crippen LogP contribution is -2.35. The van der Waals surface area contributed by atoms with Crippen LogP contribution in [0.4, 0.5) is 0 Å². The molecule has 1 saturated heterocycles. The molecule has 0 bridgehead atoms. The Morgan fingerprint density at radius 1 is 1.58 bits per heavy atom. The Morgan fingerprint density at radius 2 is 2.25 bits per heavy atom. The lowest BCUT2D eigenvalue weighted by Gasteiger charge is -2.24. The summed E-state index contributed by atoms with van der Waals surface area (Å²) in [6.45, 7) is 4.80. The van der Waals surface area contributed by atoms with Gasteiger partial charge in [0.15, 0.2) is 0 Å². The van der Waals surface area contributed by atoms with Crippen molar-refractivity contribution >= 4 is 11.8 Å². The highest BCUT2D eigenvalue weighted by molar-refractivity contribution is 8.00. The van der Waals surface area contributed by atoms with Gasteiger partial charge in [-0.15, -0.1) is 11.8 Å². The maximum atomic E-state index is 9.03. The molecule has 1 unspecified atom stereocenters. The van der Waals surface area contributed by atoms with Gasteiger partial charge < -0.3 is 5.11 Å². The highest BCUT2D eigenvalue weighted by Crippen LogP contribution is 2.31. The van der Waals surface area contributed by atoms with E-state index in [2.05, 4.69) is 25.8 Å². The molecule has 1 fully saturated rings. The van der Waals surface area contributed by atoms with Gasteiger partial charge in [-0.05, 0) is 19.4 Å². The SMILES string of the molecule is CC(C)CC1SC[C@@H](CO)N1C. The summed E-state index contributed by atoms with van der Waals surface area (Å²) < 4.78 is 0. The van der Waals surface area contributed by atoms with Crippen molar-refractivity contribution in [3.8, 4) is 0 Å². The van der Waals surface area contributed by atoms with Crippen LogP contribution in [0.2, 0.25) is 0 Å². The van der Waals surface area contributed by atoms with Gasteiger partial charge in [0.2, 0.25) is 0 Å². The average Bonchev–Trinajstić information content (AvgIpc) is 2.32. The number of hydrogen-bond donors (Lipinski definition) is 1. The summed E-state index contributed by atoms with van der Waals surface area (Å²) in [5.74, 6) is 1.84. The second-order valence-electron chi connectivity index (χ2n) is 3.92. The minimum Gasteiger partial charge on any atom is -0.395 e. The van der Waals surface area contributed by atoms with E-state index in [1.165, 1.54) is 6.42 Å². The summed E-state index contributed by atoms with van der Waals surface area (Å²) in [4.78, 5) is 2.31. The van der Waals surface area contributed by atoms with Crippen LogP contribution in [-0.4, -0.2) is 40.8 Å². The van der Waals surface area contributed by atoms with E-state index in [0.717, 1.165) is 11.7 Å². The number of hydrogen-bond acceptors (Lipinski definition) is 3. The van der Waals surface area contributed by atoms with Gasteiger partial charge in [-0.1, -0.05) is 13.8 Å². The molecule has 1 rings (SSSR count). The van der Waals surface area contributed by atoms with Crippen molar-refractivity contribution in [3.05, 3.63) is 0 Å². The van der Waals surface area contributed by atoms with E-state index >= 15 is 0 Å². The number of aliphatic hydroxyl groups excluding tert-OH is 1. The van der Waals surface area contributed by atoms with Crippen LogP contribution in [0, 0.1) is 5.92 Å². The van der Waals surface area contributed by atoms with E-state index in [1.54, 1.807) is 0 Å². The zero-order chi connectivity index (χ0) is 9.14. The molecule has 12 heavy (non-hydrogen) atoms. The summed E-state index contributed by atoms with van der Waals surface area (Å²) in [6.07, 6.45) is 1.23. The van der Waals surface area contributed by atoms with Crippen LogP contribution >= 0.6 is 11.8 Å². The standard InChI is InChI=1S/C9H19NOS/c1-7(2)4-9-10(3)8(5-11)6-12-9/h7-9,11H,4-6H2,1-3H3/t8-,9?/m1/s1. The first-order valence-corrected chi connectivity index (χ1v) is 5.64. The fraction of sp³-hybridized carbons (Fsp3) is 1.00. The van der Waals surface area contributed by atoms with Gasteiger partial charge in [-0.25, -0.2) is 0 Å². The van der Waals surface area contributed by atoms with Crippen LogP contribution in [0.15, 0.2) is 0 Å². The quantitative estimate of drug-likeness (QED) is 0.726. The number of likely N-dealkylation sites (N-methyl/N-ethyl adjacent to an activating group) is 1. The van der Waals surface area contributed by atoms with E-state index < -0.39 is 0 Å². The third-order valence-corrected chi connectivity index (χ3v) is 3.88. The molecule has 1 heterocycles. The molecule has 3 heteroatoms. The van der Waals surface area contributed by atoms with Crippen LogP contribution in [-0.2, 0) is 0 Å². The Bertz CT molecular complexity index is 140. The maximum absolute atomic E-state index is 9.03. The van der Waals surface area contributed by atoms with Crippen molar-refractivity contribution in [1.82, 2.24) is 4.90 Å². The first-order chi connectivity index (χ1) is 5.65. The van der Waals surface area contributed by atoms with Gasteiger partial charge in [-0.3, -0.25) is 4.90 Å². The monoisotopic (exact) mass is 189 g/mol. The summed E-state index contributed by atoms with van der Waals surface area (Å²) >= 11 is 1.98. The minimum absolute atomic E-state index is 0.304. The molecule has 2 atom stereocenters. The predicted molar refractivity (Wildman–Crippen MR) is 54.3 cm³/mol. The molecule has 0 aromatic heterocycles. The topological polar surface area (TPSA) is 23.5 Å². The van der Waals surface area contributed by atoms with Crippen molar-refractivity contribution in [3.63, 3.8) is 0 Å². The lowest BCUT2D eigenvalue weighted by atomic mass is 10.1. The molecule has 1 aliphatic rings. The molecule has 0 radical (unpaired) electrons. The molecule has 0 aliphatic carbocycles. The Morgan fingerprint density at radius 3 is 2.67 bits per heavy atom. The number of thioether (sulfide) groups is 1. The summed E-state index contributed by atoms with van der Waals surface area (Å²) in [7, 11) is 2.12. The molecular weight excluding hydrogens is 170 g/mol. The van der Waals surface area contributed by atoms with Crippen molar-refractivity contribution in [2.75, 3.05) is 19.4 Å². The molecule has 1 aliphatic heterocycles. The van der Waals surface area contributed by atoms with Crippen LogP contribution in [0.5, 0.6) is 0 Å². The van der Waals surface area contributed by atoms with Crippen LogP contribution < -0.4 is 0 Å². The second kappa shape index (κ2) is 4.49. The molecular formula is C9H19NOS. The number of rotatable bonds is 3. The van der Waals surface area contributed by atoms with E-state index in [1.807, 2.05) is 11.8 Å². The Kier molecular flexibility index (Phi) is 3.87. The zero-order valence-corrected chi connectivity index (χ0v) is 8.97. The van der Waals surface area contributed by atoms with Gasteiger partial charge in [0, 0.05) is 11.8 Å². The van der Waals surface area contributed by atoms with Crippen LogP contribution in [0.25, 0.3) is 0 Å². The molecule has 0 spiro atoms. The second-order valence-corrected chi connectivity index (χ2v) is 5.13. The van der Waals surface area contributed by atoms with E-state index in [4.69, 9.17) is 5.11 Å². The van der Waals surface area contributed by atoms with Crippen molar-refractivity contribution < 1.29 is 5.11 Å². The minimum atomic E-state index is 0.304. The average molecular weight is 189 g/mol. The van der Waals surface area contributed by atoms with E-state index in [9.17, 15) is 0 Å². The van der Waals surface area contributed by atoms with Gasteiger partial charge >= 0.3 is 0 Å². The number of aliphatic hydroxyl groups is 1. The molecule has 2 nitrogen and oxygen atoms in total. The van der Waals surface area contributed by atoms with Gasteiger partial charge in [0.25, 0.3) is 0 Å². The molecule has 72 valence electrons. The normalized spacial score (nSPS) is 31.8. The van der Waals surface area contributed by atoms with E-state index in [-0.39, 0.29) is 0 Å². The Hall–Kier alpha value is 0.270. The summed E-state index contributed by atoms with van der Waals surface area (Å²) in [6, 6.07) is 0.388. The highest BCUT2D eigenvalue weighted by Gasteiger charge is 2.30. The highest BCUT2D eigenvalue weighted by atomic mass is 32.2. The Labute approximate surface area is 79.3 Å². The zero-order valence-electron chi connectivity index (χ0n) is 8.16. The number of nitrogens with zero attached hydrogens (tertiary/aromatic N) is 1. The van der Waals surface area contributed by atoms with Gasteiger partial charge in [0.05, 0.1) is 12.0 Å². The summed E-state index contributed by atoms with van der Waals surface area (Å²) in [5.41, 5.74) is 0. The Balaban J connectivity index is 2.38. The first kappa shape index (κ1) is 10.4. The molecule has 0 amide bonds. The maximum Gasteiger partial charge on any atom is 0.0595 e. The van der Waals surface area contributed by atoms with Crippen LogP contribution in [0.3, 0.4) is 0 Å². The largest absolute Gasteiger partial charge is 0.395 e. The first-order valence-electron chi connectivity index (χ1n) is 4.59. The molecule has 1 N–H and O–H groups in total. The third kappa shape index (κ3) is 2.38. The fourth-order valence-electron chi connectivity index (χ4n) is 1.51. The molecule has 0 saturated carbocycles.